The van der Waals surface area contributed by atoms with Crippen LogP contribution in [0.15, 0.2) is 54.6 Å². The summed E-state index contributed by atoms with van der Waals surface area (Å²) in [6.45, 7) is 1.59. The molecule has 32 heavy (non-hydrogen) atoms. The van der Waals surface area contributed by atoms with Crippen molar-refractivity contribution in [1.29, 1.82) is 0 Å². The van der Waals surface area contributed by atoms with E-state index in [1.165, 1.54) is 6.07 Å². The van der Waals surface area contributed by atoms with Crippen molar-refractivity contribution in [3.05, 3.63) is 76.4 Å². The smallest absolute Gasteiger partial charge is 0.389 e. The third-order valence-electron chi connectivity index (χ3n) is 5.32. The molecule has 0 aliphatic carbocycles. The van der Waals surface area contributed by atoms with Gasteiger partial charge in [0.1, 0.15) is 5.82 Å². The summed E-state index contributed by atoms with van der Waals surface area (Å²) in [4.78, 5) is 12.7. The monoisotopic (exact) mass is 464 g/mol. The number of aromatic nitrogens is 2. The zero-order valence-corrected chi connectivity index (χ0v) is 17.7. The van der Waals surface area contributed by atoms with Gasteiger partial charge in [-0.15, -0.1) is 0 Å². The van der Waals surface area contributed by atoms with Crippen LogP contribution in [0, 0.1) is 0 Å². The van der Waals surface area contributed by atoms with Crippen LogP contribution in [0.25, 0.3) is 0 Å². The number of aliphatic hydroxyl groups excluding tert-OH is 1. The number of halogens is 4. The summed E-state index contributed by atoms with van der Waals surface area (Å²) in [6, 6.07) is 11.9. The van der Waals surface area contributed by atoms with E-state index in [9.17, 15) is 23.1 Å². The molecule has 3 N–H and O–H groups in total. The predicted molar refractivity (Wildman–Crippen MR) is 115 cm³/mol. The van der Waals surface area contributed by atoms with Gasteiger partial charge in [-0.3, -0.25) is 4.79 Å². The molecular formula is C22H20ClF3N4O2. The second kappa shape index (κ2) is 8.48. The molecular weight excluding hydrogens is 445 g/mol. The van der Waals surface area contributed by atoms with Gasteiger partial charge in [0.25, 0.3) is 5.91 Å². The normalized spacial score (nSPS) is 19.1. The number of fused-ring (bicyclic) bond motifs is 1. The van der Waals surface area contributed by atoms with Crippen LogP contribution in [0.4, 0.5) is 24.7 Å². The molecule has 0 saturated carbocycles. The summed E-state index contributed by atoms with van der Waals surface area (Å²) in [5, 5.41) is 19.8. The van der Waals surface area contributed by atoms with Crippen LogP contribution in [0.3, 0.4) is 0 Å². The zero-order valence-electron chi connectivity index (χ0n) is 16.9. The first-order valence-electron chi connectivity index (χ1n) is 9.89. The molecule has 0 saturated heterocycles. The molecule has 1 amide bonds. The minimum Gasteiger partial charge on any atom is -0.389 e. The van der Waals surface area contributed by atoms with Crippen molar-refractivity contribution < 1.29 is 23.1 Å². The van der Waals surface area contributed by atoms with Crippen molar-refractivity contribution in [2.24, 2.45) is 0 Å². The van der Waals surface area contributed by atoms with Crippen LogP contribution in [-0.2, 0) is 0 Å². The van der Waals surface area contributed by atoms with E-state index in [0.29, 0.717) is 21.8 Å². The number of anilines is 2. The molecule has 0 spiro atoms. The fraction of sp³-hybridized carbons (Fsp3) is 0.273. The van der Waals surface area contributed by atoms with Crippen molar-refractivity contribution in [2.75, 3.05) is 10.6 Å². The van der Waals surface area contributed by atoms with Crippen molar-refractivity contribution in [1.82, 2.24) is 9.78 Å². The van der Waals surface area contributed by atoms with Crippen LogP contribution in [0.5, 0.6) is 0 Å². The van der Waals surface area contributed by atoms with E-state index in [-0.39, 0.29) is 17.9 Å². The number of rotatable bonds is 4. The van der Waals surface area contributed by atoms with Gasteiger partial charge in [-0.05, 0) is 42.3 Å². The van der Waals surface area contributed by atoms with Gasteiger partial charge in [0.15, 0.2) is 11.7 Å². The van der Waals surface area contributed by atoms with Gasteiger partial charge in [0.05, 0.1) is 12.1 Å². The molecule has 3 aromatic rings. The number of carbonyl (C=O) groups is 1. The second-order valence-corrected chi connectivity index (χ2v) is 8.09. The molecule has 0 bridgehead atoms. The van der Waals surface area contributed by atoms with Gasteiger partial charge < -0.3 is 15.7 Å². The summed E-state index contributed by atoms with van der Waals surface area (Å²) >= 11 is 5.89. The fourth-order valence-corrected chi connectivity index (χ4v) is 3.80. The third kappa shape index (κ3) is 4.58. The molecule has 0 unspecified atom stereocenters. The van der Waals surface area contributed by atoms with Crippen LogP contribution in [0.1, 0.15) is 53.1 Å². The summed E-state index contributed by atoms with van der Waals surface area (Å²) in [7, 11) is 0. The molecule has 1 aliphatic rings. The largest absolute Gasteiger partial charge is 0.410 e. The number of aliphatic hydroxyl groups is 1. The highest BCUT2D eigenvalue weighted by molar-refractivity contribution is 6.30. The molecule has 1 aromatic heterocycles. The summed E-state index contributed by atoms with van der Waals surface area (Å²) in [5.41, 5.74) is 1.49. The Morgan fingerprint density at radius 3 is 2.62 bits per heavy atom. The van der Waals surface area contributed by atoms with Crippen molar-refractivity contribution in [3.63, 3.8) is 0 Å². The molecule has 2 heterocycles. The zero-order chi connectivity index (χ0) is 23.0. The number of hydrogen-bond donors (Lipinski definition) is 3. The Bertz CT molecular complexity index is 1130. The summed E-state index contributed by atoms with van der Waals surface area (Å²) in [6.07, 6.45) is -5.56. The molecule has 0 radical (unpaired) electrons. The van der Waals surface area contributed by atoms with Crippen LogP contribution >= 0.6 is 11.6 Å². The number of benzene rings is 2. The Hall–Kier alpha value is -3.04. The molecule has 4 rings (SSSR count). The molecule has 3 atom stereocenters. The molecule has 2 aromatic carbocycles. The quantitative estimate of drug-likeness (QED) is 0.476. The van der Waals surface area contributed by atoms with Gasteiger partial charge in [0.2, 0.25) is 0 Å². The number of hydrogen-bond acceptors (Lipinski definition) is 4. The summed E-state index contributed by atoms with van der Waals surface area (Å²) in [5.74, 6) is -0.554. The lowest BCUT2D eigenvalue weighted by atomic mass is 9.97. The molecule has 6 nitrogen and oxygen atoms in total. The summed E-state index contributed by atoms with van der Waals surface area (Å²) < 4.78 is 42.3. The lowest BCUT2D eigenvalue weighted by Gasteiger charge is -2.33. The Morgan fingerprint density at radius 1 is 1.25 bits per heavy atom. The Morgan fingerprint density at radius 2 is 1.97 bits per heavy atom. The molecule has 0 fully saturated rings. The van der Waals surface area contributed by atoms with E-state index in [1.807, 2.05) is 0 Å². The number of carbonyl (C=O) groups excluding carboxylic acids is 1. The number of nitrogens with one attached hydrogen (secondary N) is 2. The standard InChI is InChI=1S/C22H20ClF3N4O2/c1-12(31)14-3-2-4-16(9-14)27-21(32)18-11-20-28-17(13-5-7-15(23)8-6-13)10-19(22(24,25)26)30(20)29-18/h2-9,11-12,17,19,28,31H,10H2,1H3,(H,27,32)/t12-,17-,19+/m1/s1. The average molecular weight is 465 g/mol. The van der Waals surface area contributed by atoms with E-state index in [1.54, 1.807) is 55.5 Å². The van der Waals surface area contributed by atoms with E-state index in [4.69, 9.17) is 11.6 Å². The van der Waals surface area contributed by atoms with Crippen LogP contribution in [0.2, 0.25) is 5.02 Å². The van der Waals surface area contributed by atoms with E-state index in [0.717, 1.165) is 4.68 Å². The van der Waals surface area contributed by atoms with Crippen molar-refractivity contribution >= 4 is 29.0 Å². The van der Waals surface area contributed by atoms with E-state index >= 15 is 0 Å². The first-order chi connectivity index (χ1) is 15.1. The number of nitrogens with zero attached hydrogens (tertiary/aromatic N) is 2. The van der Waals surface area contributed by atoms with Crippen molar-refractivity contribution in [3.8, 4) is 0 Å². The minimum absolute atomic E-state index is 0.0985. The van der Waals surface area contributed by atoms with Gasteiger partial charge >= 0.3 is 6.18 Å². The average Bonchev–Trinajstić information content (AvgIpc) is 3.17. The first-order valence-corrected chi connectivity index (χ1v) is 10.3. The predicted octanol–water partition coefficient (Wildman–Crippen LogP) is 5.50. The topological polar surface area (TPSA) is 79.2 Å². The highest BCUT2D eigenvalue weighted by atomic mass is 35.5. The number of amides is 1. The highest BCUT2D eigenvalue weighted by Gasteiger charge is 2.46. The van der Waals surface area contributed by atoms with Gasteiger partial charge in [-0.25, -0.2) is 4.68 Å². The molecule has 168 valence electrons. The van der Waals surface area contributed by atoms with E-state index in [2.05, 4.69) is 15.7 Å². The number of alkyl halides is 3. The van der Waals surface area contributed by atoms with Crippen LogP contribution < -0.4 is 10.6 Å². The lowest BCUT2D eigenvalue weighted by molar-refractivity contribution is -0.173. The van der Waals surface area contributed by atoms with Crippen LogP contribution in [-0.4, -0.2) is 27.0 Å². The highest BCUT2D eigenvalue weighted by Crippen LogP contribution is 2.43. The Labute approximate surface area is 187 Å². The van der Waals surface area contributed by atoms with Gasteiger partial charge in [-0.2, -0.15) is 18.3 Å². The maximum Gasteiger partial charge on any atom is 0.410 e. The Kier molecular flexibility index (Phi) is 5.87. The lowest BCUT2D eigenvalue weighted by Crippen LogP contribution is -2.35. The molecule has 10 heteroatoms. The minimum atomic E-state index is -4.55. The SMILES string of the molecule is C[C@@H](O)c1cccc(NC(=O)c2cc3n(n2)[C@H](C(F)(F)F)C[C@H](c2ccc(Cl)cc2)N3)c1. The van der Waals surface area contributed by atoms with Crippen molar-refractivity contribution in [2.45, 2.75) is 37.7 Å². The van der Waals surface area contributed by atoms with E-state index < -0.39 is 30.3 Å². The third-order valence-corrected chi connectivity index (χ3v) is 5.57. The molecule has 1 aliphatic heterocycles. The van der Waals surface area contributed by atoms with Gasteiger partial charge in [0, 0.05) is 23.2 Å². The Balaban J connectivity index is 1.62. The maximum absolute atomic E-state index is 13.8. The maximum atomic E-state index is 13.8. The van der Waals surface area contributed by atoms with Gasteiger partial charge in [-0.1, -0.05) is 35.9 Å². The first kappa shape index (κ1) is 22.2. The second-order valence-electron chi connectivity index (χ2n) is 7.66. The fourth-order valence-electron chi connectivity index (χ4n) is 3.67.